The van der Waals surface area contributed by atoms with E-state index in [2.05, 4.69) is 15.0 Å². The zero-order chi connectivity index (χ0) is 36.4. The lowest BCUT2D eigenvalue weighted by Gasteiger charge is -2.30. The molecule has 8 nitrogen and oxygen atoms in total. The Bertz CT molecular complexity index is 1850. The Labute approximate surface area is 277 Å². The average molecular weight is 714 g/mol. The lowest BCUT2D eigenvalue weighted by molar-refractivity contribution is -0.274. The second kappa shape index (κ2) is 14.1. The van der Waals surface area contributed by atoms with Crippen LogP contribution in [0.15, 0.2) is 96.0 Å². The summed E-state index contributed by atoms with van der Waals surface area (Å²) < 4.78 is 123. The first-order valence-electron chi connectivity index (χ1n) is 14.4. The number of hydrogen-bond donors (Lipinski definition) is 2. The quantitative estimate of drug-likeness (QED) is 0.149. The summed E-state index contributed by atoms with van der Waals surface area (Å²) in [6.45, 7) is 5.21. The third-order valence-electron chi connectivity index (χ3n) is 7.54. The molecule has 0 radical (unpaired) electrons. The van der Waals surface area contributed by atoms with Crippen LogP contribution in [-0.2, 0) is 26.6 Å². The zero-order valence-electron chi connectivity index (χ0n) is 26.1. The Kier molecular flexibility index (Phi) is 10.8. The van der Waals surface area contributed by atoms with Gasteiger partial charge < -0.3 is 9.64 Å². The van der Waals surface area contributed by atoms with E-state index in [9.17, 15) is 43.9 Å². The van der Waals surface area contributed by atoms with Gasteiger partial charge >= 0.3 is 12.5 Å². The van der Waals surface area contributed by atoms with Crippen LogP contribution < -0.4 is 15.0 Å². The highest BCUT2D eigenvalue weighted by molar-refractivity contribution is 7.85. The van der Waals surface area contributed by atoms with Crippen LogP contribution in [0.4, 0.5) is 36.4 Å². The van der Waals surface area contributed by atoms with Gasteiger partial charge in [0, 0.05) is 17.4 Å². The number of aromatic nitrogens is 1. The summed E-state index contributed by atoms with van der Waals surface area (Å²) in [5.74, 6) is -1.36. The second-order valence-corrected chi connectivity index (χ2v) is 13.0. The van der Waals surface area contributed by atoms with Crippen molar-refractivity contribution in [2.75, 3.05) is 4.90 Å². The third-order valence-corrected chi connectivity index (χ3v) is 8.41. The number of ether oxygens (including phenoxy) is 1. The number of nitrogens with zero attached hydrogens (tertiary/aromatic N) is 2. The van der Waals surface area contributed by atoms with Crippen molar-refractivity contribution in [1.29, 1.82) is 0 Å². The number of rotatable bonds is 7. The van der Waals surface area contributed by atoms with Crippen LogP contribution in [-0.4, -0.2) is 36.3 Å². The van der Waals surface area contributed by atoms with Crippen molar-refractivity contribution < 1.29 is 53.2 Å². The first-order chi connectivity index (χ1) is 22.6. The molecule has 1 aromatic heterocycles. The number of nitrogens with one attached hydrogen (secondary N) is 1. The van der Waals surface area contributed by atoms with Gasteiger partial charge in [-0.15, -0.1) is 13.2 Å². The summed E-state index contributed by atoms with van der Waals surface area (Å²) in [4.78, 5) is 18.4. The maximum atomic E-state index is 13.6. The van der Waals surface area contributed by atoms with Crippen LogP contribution in [0.3, 0.4) is 0 Å². The second-order valence-electron chi connectivity index (χ2n) is 11.6. The minimum Gasteiger partial charge on any atom is -0.406 e. The molecule has 4 aromatic rings. The highest BCUT2D eigenvalue weighted by atomic mass is 32.2. The number of aryl methyl sites for hydroxylation is 1. The van der Waals surface area contributed by atoms with Crippen molar-refractivity contribution in [1.82, 2.24) is 10.3 Å². The van der Waals surface area contributed by atoms with Gasteiger partial charge in [-0.05, 0) is 92.9 Å². The average Bonchev–Trinajstić information content (AvgIpc) is 3.31. The van der Waals surface area contributed by atoms with Crippen molar-refractivity contribution in [3.8, 4) is 5.75 Å². The van der Waals surface area contributed by atoms with Gasteiger partial charge in [-0.1, -0.05) is 35.9 Å². The fourth-order valence-corrected chi connectivity index (χ4v) is 5.60. The fourth-order valence-electron chi connectivity index (χ4n) is 5.12. The summed E-state index contributed by atoms with van der Waals surface area (Å²) in [6, 6.07) is 17.0. The molecule has 0 spiro atoms. The van der Waals surface area contributed by atoms with Gasteiger partial charge in [-0.25, -0.2) is 4.39 Å². The maximum Gasteiger partial charge on any atom is 0.573 e. The predicted molar refractivity (Wildman–Crippen MR) is 165 cm³/mol. The number of halogens is 7. The molecule has 2 heterocycles. The number of amides is 1. The molecule has 0 bridgehead atoms. The Morgan fingerprint density at radius 2 is 1.47 bits per heavy atom. The van der Waals surface area contributed by atoms with Crippen molar-refractivity contribution in [2.45, 2.75) is 62.2 Å². The van der Waals surface area contributed by atoms with E-state index in [1.807, 2.05) is 6.92 Å². The summed E-state index contributed by atoms with van der Waals surface area (Å²) in [7, 11) is -4.02. The zero-order valence-corrected chi connectivity index (χ0v) is 26.9. The van der Waals surface area contributed by atoms with Gasteiger partial charge in [0.2, 0.25) is 5.91 Å². The number of carbonyl (C=O) groups is 1. The number of pyridine rings is 1. The number of alkyl halides is 6. The number of anilines is 1. The van der Waals surface area contributed by atoms with Gasteiger partial charge in [-0.3, -0.25) is 19.6 Å². The van der Waals surface area contributed by atoms with E-state index in [0.29, 0.717) is 11.1 Å². The van der Waals surface area contributed by atoms with Crippen molar-refractivity contribution in [2.24, 2.45) is 0 Å². The van der Waals surface area contributed by atoms with E-state index < -0.39 is 63.4 Å². The molecule has 0 unspecified atom stereocenters. The van der Waals surface area contributed by atoms with E-state index in [1.54, 1.807) is 26.0 Å². The van der Waals surface area contributed by atoms with Crippen LogP contribution in [0.5, 0.6) is 5.75 Å². The molecule has 1 fully saturated rings. The third kappa shape index (κ3) is 9.77. The predicted octanol–water partition coefficient (Wildman–Crippen LogP) is 7.75. The maximum absolute atomic E-state index is 13.6. The summed E-state index contributed by atoms with van der Waals surface area (Å²) >= 11 is 0. The van der Waals surface area contributed by atoms with Gasteiger partial charge in [0.25, 0.3) is 10.1 Å². The Hall–Kier alpha value is -4.54. The number of benzene rings is 3. The summed E-state index contributed by atoms with van der Waals surface area (Å²) in [6.07, 6.45) is -8.19. The molecule has 1 aliphatic heterocycles. The molecule has 1 saturated heterocycles. The van der Waals surface area contributed by atoms with Gasteiger partial charge in [-0.2, -0.15) is 21.6 Å². The molecule has 1 amide bonds. The molecule has 0 aliphatic carbocycles. The normalized spacial score (nSPS) is 17.0. The minimum absolute atomic E-state index is 0.0666. The highest BCUT2D eigenvalue weighted by Crippen LogP contribution is 2.39. The largest absolute Gasteiger partial charge is 0.573 e. The van der Waals surface area contributed by atoms with Gasteiger partial charge in [0.05, 0.1) is 17.0 Å². The Morgan fingerprint density at radius 1 is 0.878 bits per heavy atom. The molecule has 5 rings (SSSR count). The molecule has 2 N–H and O–H groups in total. The van der Waals surface area contributed by atoms with E-state index in [0.717, 1.165) is 30.0 Å². The molecule has 1 aliphatic rings. The van der Waals surface area contributed by atoms with E-state index >= 15 is 0 Å². The minimum atomic E-state index is -4.88. The smallest absolute Gasteiger partial charge is 0.406 e. The van der Waals surface area contributed by atoms with Crippen LogP contribution in [0, 0.1) is 12.7 Å². The van der Waals surface area contributed by atoms with Crippen LogP contribution in [0.25, 0.3) is 0 Å². The Morgan fingerprint density at radius 3 is 1.96 bits per heavy atom. The summed E-state index contributed by atoms with van der Waals surface area (Å²) in [5, 5.41) is 3.17. The van der Waals surface area contributed by atoms with E-state index in [4.69, 9.17) is 4.55 Å². The molecule has 262 valence electrons. The van der Waals surface area contributed by atoms with Crippen molar-refractivity contribution in [3.63, 3.8) is 0 Å². The van der Waals surface area contributed by atoms with E-state index in [-0.39, 0.29) is 17.0 Å². The molecular weight excluding hydrogens is 683 g/mol. The topological polar surface area (TPSA) is 109 Å². The fraction of sp³-hybridized carbons (Fsp3) is 0.273. The molecule has 49 heavy (non-hydrogen) atoms. The SMILES string of the molecule is CC(C)(N[C@@H]1C[C@H](c2ccc(F)cc2)N(c2ccc(OC(F)(F)F)cc2)C1=O)c1ccc(C(F)(F)F)nc1.Cc1ccc(S(=O)(=O)O)cc1. The van der Waals surface area contributed by atoms with E-state index in [1.165, 1.54) is 59.5 Å². The van der Waals surface area contributed by atoms with Crippen LogP contribution >= 0.6 is 0 Å². The summed E-state index contributed by atoms with van der Waals surface area (Å²) in [5.41, 5.74) is 0.215. The van der Waals surface area contributed by atoms with Gasteiger partial charge in [0.15, 0.2) is 0 Å². The molecule has 16 heteroatoms. The van der Waals surface area contributed by atoms with Crippen molar-refractivity contribution >= 4 is 21.7 Å². The molecule has 3 aromatic carbocycles. The lowest BCUT2D eigenvalue weighted by Crippen LogP contribution is -2.47. The molecular formula is C33H30F7N3O5S. The standard InChI is InChI=1S/C26H22F7N3O2.C7H8O3S/c1-24(2,16-5-12-22(34-14-16)25(28,29)30)35-20-13-21(15-3-6-17(27)7-4-15)36(23(20)37)18-8-10-19(11-9-18)38-26(31,32)33;1-6-2-4-7(5-3-6)11(8,9)10/h3-12,14,20-21,35H,13H2,1-2H3;2-5H,1H3,(H,8,9,10)/t20-,21-;/m1./s1. The Balaban J connectivity index is 0.000000418. The van der Waals surface area contributed by atoms with Crippen LogP contribution in [0.1, 0.15) is 48.7 Å². The monoisotopic (exact) mass is 713 g/mol. The first kappa shape index (κ1) is 37.3. The number of hydrogen-bond acceptors (Lipinski definition) is 6. The lowest BCUT2D eigenvalue weighted by atomic mass is 9.93. The van der Waals surface area contributed by atoms with Crippen LogP contribution in [0.2, 0.25) is 0 Å². The van der Waals surface area contributed by atoms with Gasteiger partial charge in [0.1, 0.15) is 17.3 Å². The first-order valence-corrected chi connectivity index (χ1v) is 15.9. The highest BCUT2D eigenvalue weighted by Gasteiger charge is 2.44. The molecule has 0 saturated carbocycles. The van der Waals surface area contributed by atoms with Crippen molar-refractivity contribution in [3.05, 3.63) is 119 Å². The molecule has 2 atom stereocenters. The number of carbonyl (C=O) groups excluding carboxylic acids is 1.